The van der Waals surface area contributed by atoms with Crippen LogP contribution in [0.2, 0.25) is 0 Å². The van der Waals surface area contributed by atoms with Gasteiger partial charge in [-0.3, -0.25) is 4.79 Å². The van der Waals surface area contributed by atoms with E-state index >= 15 is 0 Å². The molecular formula is C16H19NO4S. The molecule has 0 amide bonds. The molecule has 6 heteroatoms. The van der Waals surface area contributed by atoms with Crippen molar-refractivity contribution in [3.8, 4) is 0 Å². The lowest BCUT2D eigenvalue weighted by molar-refractivity contribution is -0.147. The van der Waals surface area contributed by atoms with Crippen LogP contribution in [0.25, 0.3) is 10.9 Å². The summed E-state index contributed by atoms with van der Waals surface area (Å²) in [5.74, 6) is -0.205. The van der Waals surface area contributed by atoms with Gasteiger partial charge in [0.05, 0.1) is 11.5 Å². The minimum atomic E-state index is -3.00. The number of aromatic amines is 1. The smallest absolute Gasteiger partial charge is 0.306 e. The van der Waals surface area contributed by atoms with Crippen molar-refractivity contribution in [3.63, 3.8) is 0 Å². The molecule has 1 aromatic carbocycles. The van der Waals surface area contributed by atoms with Crippen LogP contribution in [0.5, 0.6) is 0 Å². The van der Waals surface area contributed by atoms with Gasteiger partial charge >= 0.3 is 5.97 Å². The number of benzene rings is 1. The monoisotopic (exact) mass is 321 g/mol. The van der Waals surface area contributed by atoms with Crippen molar-refractivity contribution in [2.24, 2.45) is 0 Å². The molecule has 1 fully saturated rings. The zero-order valence-electron chi connectivity index (χ0n) is 12.2. The number of nitrogens with one attached hydrogen (secondary N) is 1. The van der Waals surface area contributed by atoms with Gasteiger partial charge in [-0.2, -0.15) is 0 Å². The third-order valence-electron chi connectivity index (χ3n) is 3.99. The Morgan fingerprint density at radius 2 is 2.14 bits per heavy atom. The summed E-state index contributed by atoms with van der Waals surface area (Å²) in [4.78, 5) is 15.0. The number of esters is 1. The molecule has 5 nitrogen and oxygen atoms in total. The third-order valence-corrected chi connectivity index (χ3v) is 5.73. The van der Waals surface area contributed by atoms with Crippen LogP contribution in [-0.2, 0) is 25.8 Å². The highest BCUT2D eigenvalue weighted by atomic mass is 32.2. The van der Waals surface area contributed by atoms with Gasteiger partial charge in [-0.25, -0.2) is 8.42 Å². The first-order chi connectivity index (χ1) is 10.5. The van der Waals surface area contributed by atoms with Gasteiger partial charge in [0.25, 0.3) is 0 Å². The number of rotatable bonds is 5. The van der Waals surface area contributed by atoms with Gasteiger partial charge in [-0.1, -0.05) is 18.2 Å². The predicted octanol–water partition coefficient (Wildman–Crippen LogP) is 2.22. The molecule has 2 aromatic rings. The first kappa shape index (κ1) is 15.1. The van der Waals surface area contributed by atoms with E-state index in [1.807, 2.05) is 24.4 Å². The van der Waals surface area contributed by atoms with E-state index in [1.54, 1.807) is 0 Å². The van der Waals surface area contributed by atoms with Gasteiger partial charge in [-0.05, 0) is 30.9 Å². The second-order valence-corrected chi connectivity index (χ2v) is 7.96. The van der Waals surface area contributed by atoms with Crippen LogP contribution in [-0.4, -0.2) is 37.0 Å². The molecular weight excluding hydrogens is 302 g/mol. The molecule has 3 rings (SSSR count). The molecule has 22 heavy (non-hydrogen) atoms. The first-order valence-corrected chi connectivity index (χ1v) is 9.30. The number of carbonyl (C=O) groups is 1. The average Bonchev–Trinajstić information content (AvgIpc) is 3.03. The van der Waals surface area contributed by atoms with Crippen LogP contribution in [0.15, 0.2) is 30.5 Å². The molecule has 1 atom stereocenters. The first-order valence-electron chi connectivity index (χ1n) is 7.48. The fraction of sp³-hybridized carbons (Fsp3) is 0.438. The summed E-state index contributed by atoms with van der Waals surface area (Å²) in [5, 5.41) is 1.18. The SMILES string of the molecule is O=C(CCCc1c[nH]c2ccccc12)O[C@H]1CCS(=O)(=O)C1. The number of aryl methyl sites for hydroxylation is 1. The Hall–Kier alpha value is -1.82. The topological polar surface area (TPSA) is 76.2 Å². The summed E-state index contributed by atoms with van der Waals surface area (Å²) in [6.45, 7) is 0. The number of carbonyl (C=O) groups excluding carboxylic acids is 1. The molecule has 0 radical (unpaired) electrons. The van der Waals surface area contributed by atoms with E-state index in [0.717, 1.165) is 11.9 Å². The zero-order chi connectivity index (χ0) is 15.6. The highest BCUT2D eigenvalue weighted by molar-refractivity contribution is 7.91. The lowest BCUT2D eigenvalue weighted by Gasteiger charge is -2.09. The van der Waals surface area contributed by atoms with E-state index in [-0.39, 0.29) is 17.5 Å². The van der Waals surface area contributed by atoms with Gasteiger partial charge in [0, 0.05) is 23.5 Å². The second-order valence-electron chi connectivity index (χ2n) is 5.73. The molecule has 0 aliphatic carbocycles. The number of fused-ring (bicyclic) bond motifs is 1. The maximum absolute atomic E-state index is 11.8. The molecule has 1 saturated heterocycles. The third kappa shape index (κ3) is 3.50. The minimum absolute atomic E-state index is 0.0266. The van der Waals surface area contributed by atoms with Gasteiger partial charge < -0.3 is 9.72 Å². The Labute approximate surface area is 129 Å². The Balaban J connectivity index is 1.48. The molecule has 0 unspecified atom stereocenters. The zero-order valence-corrected chi connectivity index (χ0v) is 13.1. The summed E-state index contributed by atoms with van der Waals surface area (Å²) in [6, 6.07) is 8.06. The molecule has 1 N–H and O–H groups in total. The average molecular weight is 321 g/mol. The number of sulfone groups is 1. The van der Waals surface area contributed by atoms with E-state index in [4.69, 9.17) is 4.74 Å². The van der Waals surface area contributed by atoms with Crippen molar-refractivity contribution in [3.05, 3.63) is 36.0 Å². The van der Waals surface area contributed by atoms with Crippen molar-refractivity contribution in [2.45, 2.75) is 31.8 Å². The molecule has 0 saturated carbocycles. The van der Waals surface area contributed by atoms with Crippen LogP contribution in [0.3, 0.4) is 0 Å². The van der Waals surface area contributed by atoms with Gasteiger partial charge in [0.2, 0.25) is 0 Å². The second kappa shape index (κ2) is 6.12. The van der Waals surface area contributed by atoms with E-state index in [9.17, 15) is 13.2 Å². The molecule has 1 aromatic heterocycles. The summed E-state index contributed by atoms with van der Waals surface area (Å²) in [5.41, 5.74) is 2.28. The van der Waals surface area contributed by atoms with Crippen LogP contribution in [0, 0.1) is 0 Å². The summed E-state index contributed by atoms with van der Waals surface area (Å²) in [6.07, 6.45) is 3.75. The Morgan fingerprint density at radius 3 is 2.91 bits per heavy atom. The summed E-state index contributed by atoms with van der Waals surface area (Å²) >= 11 is 0. The largest absolute Gasteiger partial charge is 0.461 e. The lowest BCUT2D eigenvalue weighted by atomic mass is 10.1. The normalized spacial score (nSPS) is 20.3. The fourth-order valence-electron chi connectivity index (χ4n) is 2.86. The Bertz CT molecular complexity index is 778. The van der Waals surface area contributed by atoms with Crippen molar-refractivity contribution >= 4 is 26.7 Å². The number of ether oxygens (including phenoxy) is 1. The van der Waals surface area contributed by atoms with E-state index < -0.39 is 15.9 Å². The number of para-hydroxylation sites is 1. The summed E-state index contributed by atoms with van der Waals surface area (Å²) in [7, 11) is -3.00. The van der Waals surface area contributed by atoms with Gasteiger partial charge in [-0.15, -0.1) is 0 Å². The van der Waals surface area contributed by atoms with Crippen LogP contribution < -0.4 is 0 Å². The molecule has 0 spiro atoms. The van der Waals surface area contributed by atoms with Crippen molar-refractivity contribution in [1.82, 2.24) is 4.98 Å². The molecule has 118 valence electrons. The molecule has 1 aliphatic heterocycles. The van der Waals surface area contributed by atoms with Crippen LogP contribution in [0.1, 0.15) is 24.8 Å². The van der Waals surface area contributed by atoms with Gasteiger partial charge in [0.15, 0.2) is 9.84 Å². The lowest BCUT2D eigenvalue weighted by Crippen LogP contribution is -2.19. The number of hydrogen-bond acceptors (Lipinski definition) is 4. The van der Waals surface area contributed by atoms with Crippen molar-refractivity contribution in [1.29, 1.82) is 0 Å². The standard InChI is InChI=1S/C16H19NO4S/c18-16(21-13-8-9-22(19,20)11-13)7-3-4-12-10-17-15-6-2-1-5-14(12)15/h1-2,5-6,10,13,17H,3-4,7-9,11H2/t13-/m0/s1. The fourth-order valence-corrected chi connectivity index (χ4v) is 4.45. The van der Waals surface area contributed by atoms with Crippen molar-refractivity contribution < 1.29 is 17.9 Å². The molecule has 1 aliphatic rings. The predicted molar refractivity (Wildman–Crippen MR) is 84.4 cm³/mol. The summed E-state index contributed by atoms with van der Waals surface area (Å²) < 4.78 is 27.9. The van der Waals surface area contributed by atoms with E-state index in [0.29, 0.717) is 19.3 Å². The maximum Gasteiger partial charge on any atom is 0.306 e. The highest BCUT2D eigenvalue weighted by Crippen LogP contribution is 2.20. The quantitative estimate of drug-likeness (QED) is 0.857. The number of H-pyrrole nitrogens is 1. The Kier molecular flexibility index (Phi) is 4.20. The van der Waals surface area contributed by atoms with Gasteiger partial charge in [0.1, 0.15) is 6.10 Å². The van der Waals surface area contributed by atoms with E-state index in [2.05, 4.69) is 11.1 Å². The van der Waals surface area contributed by atoms with E-state index in [1.165, 1.54) is 10.9 Å². The molecule has 2 heterocycles. The Morgan fingerprint density at radius 1 is 1.32 bits per heavy atom. The number of hydrogen-bond donors (Lipinski definition) is 1. The highest BCUT2D eigenvalue weighted by Gasteiger charge is 2.30. The minimum Gasteiger partial charge on any atom is -0.461 e. The van der Waals surface area contributed by atoms with Crippen LogP contribution in [0.4, 0.5) is 0 Å². The molecule has 0 bridgehead atoms. The van der Waals surface area contributed by atoms with Crippen LogP contribution >= 0.6 is 0 Å². The maximum atomic E-state index is 11.8. The van der Waals surface area contributed by atoms with Crippen molar-refractivity contribution in [2.75, 3.05) is 11.5 Å². The number of aromatic nitrogens is 1.